The van der Waals surface area contributed by atoms with Crippen molar-refractivity contribution in [2.45, 2.75) is 0 Å². The molecule has 0 aromatic heterocycles. The van der Waals surface area contributed by atoms with Crippen molar-refractivity contribution in [1.29, 1.82) is 0 Å². The number of hydrogen-bond acceptors (Lipinski definition) is 4. The van der Waals surface area contributed by atoms with Crippen LogP contribution >= 0.6 is 50.1 Å². The largest absolute Gasteiger partial charge is 0.351 e. The van der Waals surface area contributed by atoms with Crippen molar-refractivity contribution in [3.8, 4) is 0 Å². The molecule has 2 aromatic carbocycles. The van der Waals surface area contributed by atoms with Gasteiger partial charge >= 0.3 is 0 Å². The quantitative estimate of drug-likeness (QED) is 0.213. The van der Waals surface area contributed by atoms with Crippen molar-refractivity contribution in [2.75, 3.05) is 32.6 Å². The molecule has 0 saturated carbocycles. The number of amides is 1. The second-order valence-electron chi connectivity index (χ2n) is 5.74. The first-order valence-corrected chi connectivity index (χ1v) is 9.92. The monoisotopic (exact) mass is 573 g/mol. The molecule has 0 heterocycles. The molecule has 1 amide bonds. The molecule has 5 nitrogen and oxygen atoms in total. The van der Waals surface area contributed by atoms with Gasteiger partial charge in [0.1, 0.15) is 0 Å². The SMILES string of the molecule is CN(C)CCONC(=O)c1cc(Br)c(F)c(F)c1Nc1ccc(I)cc1Cl. The highest BCUT2D eigenvalue weighted by atomic mass is 127. The molecule has 0 saturated heterocycles. The van der Waals surface area contributed by atoms with E-state index in [1.54, 1.807) is 18.2 Å². The van der Waals surface area contributed by atoms with Crippen LogP contribution < -0.4 is 10.8 Å². The highest BCUT2D eigenvalue weighted by Crippen LogP contribution is 2.34. The molecule has 146 valence electrons. The third-order valence-corrected chi connectivity index (χ3v) is 4.96. The van der Waals surface area contributed by atoms with Gasteiger partial charge in [0.05, 0.1) is 33.0 Å². The van der Waals surface area contributed by atoms with Crippen LogP contribution in [0.1, 0.15) is 10.4 Å². The van der Waals surface area contributed by atoms with E-state index in [0.717, 1.165) is 3.57 Å². The average molecular weight is 575 g/mol. The zero-order chi connectivity index (χ0) is 20.1. The summed E-state index contributed by atoms with van der Waals surface area (Å²) in [6.07, 6.45) is 0. The highest BCUT2D eigenvalue weighted by Gasteiger charge is 2.23. The van der Waals surface area contributed by atoms with Crippen molar-refractivity contribution in [3.63, 3.8) is 0 Å². The Kier molecular flexibility index (Phi) is 8.22. The Morgan fingerprint density at radius 2 is 2.00 bits per heavy atom. The minimum atomic E-state index is -1.21. The number of carbonyl (C=O) groups is 1. The molecule has 0 fully saturated rings. The number of carbonyl (C=O) groups excluding carboxylic acids is 1. The lowest BCUT2D eigenvalue weighted by Gasteiger charge is -2.16. The van der Waals surface area contributed by atoms with E-state index in [1.807, 2.05) is 19.0 Å². The molecule has 0 bridgehead atoms. The summed E-state index contributed by atoms with van der Waals surface area (Å²) in [5.74, 6) is -3.06. The normalized spacial score (nSPS) is 11.0. The predicted molar refractivity (Wildman–Crippen MR) is 113 cm³/mol. The molecule has 27 heavy (non-hydrogen) atoms. The second-order valence-corrected chi connectivity index (χ2v) is 8.25. The molecule has 0 spiro atoms. The maximum atomic E-state index is 14.5. The number of nitrogens with one attached hydrogen (secondary N) is 2. The van der Waals surface area contributed by atoms with Gasteiger partial charge in [-0.3, -0.25) is 9.63 Å². The molecule has 0 aliphatic rings. The topological polar surface area (TPSA) is 53.6 Å². The maximum absolute atomic E-state index is 14.5. The summed E-state index contributed by atoms with van der Waals surface area (Å²) in [7, 11) is 3.70. The van der Waals surface area contributed by atoms with Gasteiger partial charge in [-0.1, -0.05) is 11.6 Å². The fourth-order valence-electron chi connectivity index (χ4n) is 2.02. The van der Waals surface area contributed by atoms with E-state index in [-0.39, 0.29) is 22.3 Å². The van der Waals surface area contributed by atoms with E-state index in [2.05, 4.69) is 49.3 Å². The number of hydroxylamine groups is 1. The zero-order valence-electron chi connectivity index (χ0n) is 14.4. The molecule has 10 heteroatoms. The summed E-state index contributed by atoms with van der Waals surface area (Å²) in [6, 6.07) is 6.18. The van der Waals surface area contributed by atoms with Crippen LogP contribution in [-0.2, 0) is 4.84 Å². The number of benzene rings is 2. The number of halogens is 5. The van der Waals surface area contributed by atoms with E-state index >= 15 is 0 Å². The Hall–Kier alpha value is -1.01. The second kappa shape index (κ2) is 9.97. The molecule has 0 aliphatic heterocycles. The van der Waals surface area contributed by atoms with Crippen LogP contribution in [-0.4, -0.2) is 38.1 Å². The number of rotatable bonds is 7. The van der Waals surface area contributed by atoms with E-state index in [1.165, 1.54) is 6.07 Å². The summed E-state index contributed by atoms with van der Waals surface area (Å²) in [4.78, 5) is 19.4. The van der Waals surface area contributed by atoms with Gasteiger partial charge in [-0.25, -0.2) is 14.3 Å². The van der Waals surface area contributed by atoms with Gasteiger partial charge in [0, 0.05) is 10.1 Å². The lowest BCUT2D eigenvalue weighted by atomic mass is 10.1. The van der Waals surface area contributed by atoms with Crippen molar-refractivity contribution >= 4 is 67.4 Å². The smallest absolute Gasteiger partial charge is 0.277 e. The van der Waals surface area contributed by atoms with Crippen LogP contribution in [0.5, 0.6) is 0 Å². The number of likely N-dealkylation sites (N-methyl/N-ethyl adjacent to an activating group) is 1. The van der Waals surface area contributed by atoms with E-state index in [4.69, 9.17) is 16.4 Å². The number of anilines is 2. The Labute approximate surface area is 182 Å². The van der Waals surface area contributed by atoms with Gasteiger partial charge in [-0.15, -0.1) is 0 Å². The van der Waals surface area contributed by atoms with Gasteiger partial charge < -0.3 is 10.2 Å². The molecule has 0 atom stereocenters. The Morgan fingerprint density at radius 3 is 2.63 bits per heavy atom. The van der Waals surface area contributed by atoms with E-state index in [9.17, 15) is 13.6 Å². The van der Waals surface area contributed by atoms with Crippen molar-refractivity contribution in [2.24, 2.45) is 0 Å². The summed E-state index contributed by atoms with van der Waals surface area (Å²) in [6.45, 7) is 0.806. The Morgan fingerprint density at radius 1 is 1.30 bits per heavy atom. The first kappa shape index (κ1) is 22.3. The molecule has 2 N–H and O–H groups in total. The summed E-state index contributed by atoms with van der Waals surface area (Å²) >= 11 is 11.1. The van der Waals surface area contributed by atoms with Gasteiger partial charge in [-0.05, 0) is 76.9 Å². The molecular weight excluding hydrogens is 558 g/mol. The molecular formula is C17H16BrClF2IN3O2. The van der Waals surface area contributed by atoms with E-state index < -0.39 is 17.5 Å². The summed E-state index contributed by atoms with van der Waals surface area (Å²) < 4.78 is 29.3. The van der Waals surface area contributed by atoms with Gasteiger partial charge in [-0.2, -0.15) is 0 Å². The lowest BCUT2D eigenvalue weighted by Crippen LogP contribution is -2.29. The van der Waals surface area contributed by atoms with Crippen LogP contribution in [0.15, 0.2) is 28.7 Å². The molecule has 0 aliphatic carbocycles. The fourth-order valence-corrected chi connectivity index (χ4v) is 3.33. The fraction of sp³-hybridized carbons (Fsp3) is 0.235. The van der Waals surface area contributed by atoms with Crippen molar-refractivity contribution < 1.29 is 18.4 Å². The third-order valence-electron chi connectivity index (χ3n) is 3.40. The number of nitrogens with zero attached hydrogens (tertiary/aromatic N) is 1. The minimum absolute atomic E-state index is 0.139. The van der Waals surface area contributed by atoms with Crippen LogP contribution in [0.25, 0.3) is 0 Å². The third kappa shape index (κ3) is 5.98. The number of hydrogen-bond donors (Lipinski definition) is 2. The maximum Gasteiger partial charge on any atom is 0.277 e. The van der Waals surface area contributed by atoms with Crippen LogP contribution in [0.4, 0.5) is 20.2 Å². The van der Waals surface area contributed by atoms with Gasteiger partial charge in [0.25, 0.3) is 5.91 Å². The Bertz CT molecular complexity index is 855. The molecule has 0 unspecified atom stereocenters. The lowest BCUT2D eigenvalue weighted by molar-refractivity contribution is 0.0263. The first-order chi connectivity index (χ1) is 12.7. The predicted octanol–water partition coefficient (Wildman–Crippen LogP) is 4.95. The first-order valence-electron chi connectivity index (χ1n) is 7.67. The van der Waals surface area contributed by atoms with Crippen molar-refractivity contribution in [1.82, 2.24) is 10.4 Å². The van der Waals surface area contributed by atoms with Gasteiger partial charge in [0.15, 0.2) is 11.6 Å². The van der Waals surface area contributed by atoms with E-state index in [0.29, 0.717) is 17.3 Å². The van der Waals surface area contributed by atoms with Crippen LogP contribution in [0.3, 0.4) is 0 Å². The minimum Gasteiger partial charge on any atom is -0.351 e. The van der Waals surface area contributed by atoms with Crippen LogP contribution in [0, 0.1) is 15.2 Å². The highest BCUT2D eigenvalue weighted by molar-refractivity contribution is 14.1. The van der Waals surface area contributed by atoms with Crippen molar-refractivity contribution in [3.05, 3.63) is 54.5 Å². The molecule has 0 radical (unpaired) electrons. The standard InChI is InChI=1S/C17H16BrClF2IN3O2/c1-25(2)5-6-27-24-17(26)10-8-11(18)14(20)15(21)16(10)23-13-4-3-9(22)7-12(13)19/h3-4,7-8,23H,5-6H2,1-2H3,(H,24,26). The Balaban J connectivity index is 2.32. The summed E-state index contributed by atoms with van der Waals surface area (Å²) in [5, 5.41) is 3.00. The average Bonchev–Trinajstić information content (AvgIpc) is 2.60. The van der Waals surface area contributed by atoms with Gasteiger partial charge in [0.2, 0.25) is 0 Å². The zero-order valence-corrected chi connectivity index (χ0v) is 18.9. The van der Waals surface area contributed by atoms with Crippen LogP contribution in [0.2, 0.25) is 5.02 Å². The summed E-state index contributed by atoms with van der Waals surface area (Å²) in [5.41, 5.74) is 2.08. The molecule has 2 aromatic rings. The molecule has 2 rings (SSSR count).